The molecule has 2 saturated carbocycles. The third-order valence-electron chi connectivity index (χ3n) is 7.07. The van der Waals surface area contributed by atoms with Crippen molar-refractivity contribution < 1.29 is 9.78 Å². The molecule has 2 fully saturated rings. The highest BCUT2D eigenvalue weighted by molar-refractivity contribution is 5.49. The van der Waals surface area contributed by atoms with Crippen LogP contribution in [0.2, 0.25) is 0 Å². The van der Waals surface area contributed by atoms with Crippen molar-refractivity contribution in [1.29, 1.82) is 0 Å². The van der Waals surface area contributed by atoms with E-state index in [4.69, 9.17) is 9.78 Å². The Morgan fingerprint density at radius 1 is 0.800 bits per heavy atom. The summed E-state index contributed by atoms with van der Waals surface area (Å²) < 4.78 is 0. The average molecular weight is 411 g/mol. The van der Waals surface area contributed by atoms with E-state index in [0.717, 1.165) is 43.1 Å². The van der Waals surface area contributed by atoms with Gasteiger partial charge in [0.25, 0.3) is 0 Å². The van der Waals surface area contributed by atoms with Crippen LogP contribution in [0.3, 0.4) is 0 Å². The van der Waals surface area contributed by atoms with Crippen LogP contribution in [0.15, 0.2) is 42.5 Å². The first-order valence-electron chi connectivity index (χ1n) is 12.4. The second-order valence-corrected chi connectivity index (χ2v) is 9.38. The molecule has 0 heterocycles. The maximum absolute atomic E-state index is 5.27. The zero-order valence-electron chi connectivity index (χ0n) is 19.2. The molecule has 0 spiro atoms. The van der Waals surface area contributed by atoms with E-state index in [1.807, 2.05) is 0 Å². The van der Waals surface area contributed by atoms with Crippen molar-refractivity contribution >= 4 is 6.08 Å². The molecule has 0 saturated heterocycles. The Hall–Kier alpha value is -1.38. The van der Waals surface area contributed by atoms with Crippen molar-refractivity contribution in [3.8, 4) is 0 Å². The summed E-state index contributed by atoms with van der Waals surface area (Å²) >= 11 is 0. The van der Waals surface area contributed by atoms with E-state index in [0.29, 0.717) is 6.61 Å². The molecule has 0 N–H and O–H groups in total. The second-order valence-electron chi connectivity index (χ2n) is 9.38. The Morgan fingerprint density at radius 2 is 1.40 bits per heavy atom. The van der Waals surface area contributed by atoms with Crippen LogP contribution >= 0.6 is 0 Å². The van der Waals surface area contributed by atoms with Gasteiger partial charge in [-0.15, -0.1) is 0 Å². The zero-order chi connectivity index (χ0) is 21.0. The Kier molecular flexibility index (Phi) is 10.2. The van der Waals surface area contributed by atoms with Gasteiger partial charge in [-0.2, -0.15) is 0 Å². The lowest BCUT2D eigenvalue weighted by Crippen LogP contribution is -2.16. The summed E-state index contributed by atoms with van der Waals surface area (Å²) in [6, 6.07) is 9.22. The van der Waals surface area contributed by atoms with Gasteiger partial charge in [0.05, 0.1) is 13.2 Å². The number of hydrogen-bond donors (Lipinski definition) is 0. The normalized spacial score (nSPS) is 27.8. The predicted molar refractivity (Wildman–Crippen MR) is 127 cm³/mol. The van der Waals surface area contributed by atoms with Crippen LogP contribution < -0.4 is 0 Å². The number of hydrogen-bond acceptors (Lipinski definition) is 2. The van der Waals surface area contributed by atoms with E-state index >= 15 is 0 Å². The van der Waals surface area contributed by atoms with E-state index < -0.39 is 0 Å². The lowest BCUT2D eigenvalue weighted by Gasteiger charge is -2.29. The van der Waals surface area contributed by atoms with Crippen LogP contribution in [0.25, 0.3) is 6.08 Å². The van der Waals surface area contributed by atoms with Gasteiger partial charge in [-0.3, -0.25) is 0 Å². The molecule has 166 valence electrons. The topological polar surface area (TPSA) is 18.5 Å². The lowest BCUT2D eigenvalue weighted by molar-refractivity contribution is -0.296. The first-order chi connectivity index (χ1) is 14.8. The summed E-state index contributed by atoms with van der Waals surface area (Å²) in [5, 5.41) is 0. The third-order valence-corrected chi connectivity index (χ3v) is 7.07. The third kappa shape index (κ3) is 7.71. The van der Waals surface area contributed by atoms with Crippen LogP contribution in [0.1, 0.15) is 95.1 Å². The van der Waals surface area contributed by atoms with Crippen molar-refractivity contribution in [3.63, 3.8) is 0 Å². The summed E-state index contributed by atoms with van der Waals surface area (Å²) in [6.07, 6.45) is 22.4. The maximum Gasteiger partial charge on any atom is 0.0825 e. The lowest BCUT2D eigenvalue weighted by atomic mass is 9.77. The average Bonchev–Trinajstić information content (AvgIpc) is 2.79. The molecule has 2 heteroatoms. The van der Waals surface area contributed by atoms with Gasteiger partial charge in [-0.1, -0.05) is 55.5 Å². The summed E-state index contributed by atoms with van der Waals surface area (Å²) in [5.74, 6) is 3.18. The van der Waals surface area contributed by atoms with Gasteiger partial charge in [0.1, 0.15) is 0 Å². The molecule has 1 aromatic rings. The smallest absolute Gasteiger partial charge is 0.0825 e. The standard InChI is InChI=1S/C28H42O2/c1-3-5-23-12-16-27(17-13-23)28-18-14-25(15-19-28)7-6-24-8-10-26(11-9-24)20-22-30-29-21-4-2/h3,5-7,12-13,16-17,24-26,28H,4,8-11,14-15,18-22H2,1-2H3. The summed E-state index contributed by atoms with van der Waals surface area (Å²) in [4.78, 5) is 10.4. The van der Waals surface area contributed by atoms with E-state index in [9.17, 15) is 0 Å². The SMILES string of the molecule is CC=Cc1ccc(C2CCC(C=CC3CCC(CCOOCCC)CC3)CC2)cc1. The monoisotopic (exact) mass is 410 g/mol. The molecule has 0 unspecified atom stereocenters. The molecule has 30 heavy (non-hydrogen) atoms. The fraction of sp³-hybridized carbons (Fsp3) is 0.643. The van der Waals surface area contributed by atoms with Gasteiger partial charge in [-0.25, -0.2) is 9.78 Å². The number of allylic oxidation sites excluding steroid dienone is 3. The van der Waals surface area contributed by atoms with E-state index in [1.165, 1.54) is 62.5 Å². The Bertz CT molecular complexity index is 629. The van der Waals surface area contributed by atoms with Crippen LogP contribution in [-0.4, -0.2) is 13.2 Å². The molecule has 1 aromatic carbocycles. The molecule has 0 atom stereocenters. The van der Waals surface area contributed by atoms with Crippen molar-refractivity contribution in [2.24, 2.45) is 17.8 Å². The Labute approximate surface area is 184 Å². The van der Waals surface area contributed by atoms with Gasteiger partial charge in [0, 0.05) is 0 Å². The van der Waals surface area contributed by atoms with E-state index in [2.05, 4.69) is 62.4 Å². The predicted octanol–water partition coefficient (Wildman–Crippen LogP) is 8.10. The van der Waals surface area contributed by atoms with Crippen molar-refractivity contribution in [3.05, 3.63) is 53.6 Å². The molecule has 2 aliphatic rings. The minimum atomic E-state index is 0.711. The largest absolute Gasteiger partial charge is 0.237 e. The Morgan fingerprint density at radius 3 is 2.00 bits per heavy atom. The first-order valence-corrected chi connectivity index (χ1v) is 12.4. The summed E-state index contributed by atoms with van der Waals surface area (Å²) in [7, 11) is 0. The second kappa shape index (κ2) is 13.1. The molecular weight excluding hydrogens is 368 g/mol. The van der Waals surface area contributed by atoms with Gasteiger partial charge in [0.15, 0.2) is 0 Å². The van der Waals surface area contributed by atoms with Gasteiger partial charge >= 0.3 is 0 Å². The summed E-state index contributed by atoms with van der Waals surface area (Å²) in [5.41, 5.74) is 2.85. The van der Waals surface area contributed by atoms with Crippen LogP contribution in [0.4, 0.5) is 0 Å². The van der Waals surface area contributed by atoms with Crippen molar-refractivity contribution in [2.75, 3.05) is 13.2 Å². The summed E-state index contributed by atoms with van der Waals surface area (Å²) in [6.45, 7) is 5.65. The van der Waals surface area contributed by atoms with Gasteiger partial charge < -0.3 is 0 Å². The minimum Gasteiger partial charge on any atom is -0.237 e. The van der Waals surface area contributed by atoms with Crippen LogP contribution in [-0.2, 0) is 9.78 Å². The fourth-order valence-corrected chi connectivity index (χ4v) is 5.12. The van der Waals surface area contributed by atoms with Gasteiger partial charge in [0.2, 0.25) is 0 Å². The molecule has 2 nitrogen and oxygen atoms in total. The molecule has 3 rings (SSSR count). The van der Waals surface area contributed by atoms with E-state index in [1.54, 1.807) is 0 Å². The van der Waals surface area contributed by atoms with Crippen LogP contribution in [0, 0.1) is 17.8 Å². The van der Waals surface area contributed by atoms with Gasteiger partial charge in [-0.05, 0) is 106 Å². The highest BCUT2D eigenvalue weighted by atomic mass is 17.2. The fourth-order valence-electron chi connectivity index (χ4n) is 5.12. The Balaban J connectivity index is 1.32. The van der Waals surface area contributed by atoms with Crippen molar-refractivity contribution in [2.45, 2.75) is 84.0 Å². The minimum absolute atomic E-state index is 0.711. The quantitative estimate of drug-likeness (QED) is 0.168. The molecule has 0 bridgehead atoms. The highest BCUT2D eigenvalue weighted by Crippen LogP contribution is 2.37. The molecule has 2 aliphatic carbocycles. The molecule has 0 aromatic heterocycles. The number of rotatable bonds is 10. The van der Waals surface area contributed by atoms with E-state index in [-0.39, 0.29) is 0 Å². The molecule has 0 amide bonds. The highest BCUT2D eigenvalue weighted by Gasteiger charge is 2.22. The first kappa shape index (κ1) is 23.3. The molecule has 0 radical (unpaired) electrons. The zero-order valence-corrected chi connectivity index (χ0v) is 19.2. The molecule has 0 aliphatic heterocycles. The van der Waals surface area contributed by atoms with Crippen LogP contribution in [0.5, 0.6) is 0 Å². The maximum atomic E-state index is 5.27. The van der Waals surface area contributed by atoms with Crippen molar-refractivity contribution in [1.82, 2.24) is 0 Å². The number of benzene rings is 1. The molecular formula is C28H42O2.